The fraction of sp³-hybridized carbons (Fsp3) is 0.429. The van der Waals surface area contributed by atoms with Gasteiger partial charge < -0.3 is 4.42 Å². The van der Waals surface area contributed by atoms with Crippen LogP contribution in [0.3, 0.4) is 0 Å². The minimum Gasteiger partial charge on any atom is -0.446 e. The molecule has 2 rings (SSSR count). The van der Waals surface area contributed by atoms with Gasteiger partial charge in [-0.3, -0.25) is 5.01 Å². The van der Waals surface area contributed by atoms with E-state index >= 15 is 0 Å². The van der Waals surface area contributed by atoms with E-state index in [0.717, 1.165) is 12.2 Å². The van der Waals surface area contributed by atoms with Gasteiger partial charge in [0.05, 0.1) is 6.20 Å². The first-order chi connectivity index (χ1) is 5.38. The van der Waals surface area contributed by atoms with Crippen molar-refractivity contribution in [3.05, 3.63) is 18.4 Å². The largest absolute Gasteiger partial charge is 0.446 e. The molecule has 1 atom stereocenters. The van der Waals surface area contributed by atoms with E-state index in [1.54, 1.807) is 6.20 Å². The minimum absolute atomic E-state index is 0.248. The van der Waals surface area contributed by atoms with Crippen molar-refractivity contribution in [3.63, 3.8) is 0 Å². The molecule has 0 saturated heterocycles. The topological polar surface area (TPSA) is 41.6 Å². The molecule has 0 spiro atoms. The Morgan fingerprint density at radius 2 is 2.64 bits per heavy atom. The lowest BCUT2D eigenvalue weighted by molar-refractivity contribution is 0.253. The Labute approximate surface area is 64.5 Å². The van der Waals surface area contributed by atoms with Gasteiger partial charge in [-0.25, -0.2) is 4.98 Å². The molecule has 1 aliphatic heterocycles. The van der Waals surface area contributed by atoms with Crippen molar-refractivity contribution in [2.75, 3.05) is 7.05 Å². The molecular formula is C7H9N3O. The van der Waals surface area contributed by atoms with Gasteiger partial charge >= 0.3 is 0 Å². The van der Waals surface area contributed by atoms with E-state index in [0.29, 0.717) is 0 Å². The molecule has 0 saturated carbocycles. The third-order valence-corrected chi connectivity index (χ3v) is 1.82. The molecule has 0 radical (unpaired) electrons. The quantitative estimate of drug-likeness (QED) is 0.602. The van der Waals surface area contributed by atoms with Gasteiger partial charge in [0.2, 0.25) is 0 Å². The van der Waals surface area contributed by atoms with Crippen LogP contribution in [0.25, 0.3) is 0 Å². The van der Waals surface area contributed by atoms with E-state index < -0.39 is 0 Å². The van der Waals surface area contributed by atoms with Crippen LogP contribution in [0.5, 0.6) is 0 Å². The highest BCUT2D eigenvalue weighted by atomic mass is 16.3. The molecule has 4 nitrogen and oxygen atoms in total. The summed E-state index contributed by atoms with van der Waals surface area (Å²) in [4.78, 5) is 3.85. The van der Waals surface area contributed by atoms with Gasteiger partial charge in [0.25, 0.3) is 0 Å². The molecule has 0 aliphatic carbocycles. The molecule has 0 bridgehead atoms. The third-order valence-electron chi connectivity index (χ3n) is 1.82. The minimum atomic E-state index is 0.248. The Morgan fingerprint density at radius 1 is 1.73 bits per heavy atom. The number of rotatable bonds is 1. The van der Waals surface area contributed by atoms with Crippen molar-refractivity contribution in [1.82, 2.24) is 9.99 Å². The van der Waals surface area contributed by atoms with Gasteiger partial charge in [0.1, 0.15) is 11.8 Å². The van der Waals surface area contributed by atoms with Crippen molar-refractivity contribution in [2.24, 2.45) is 5.10 Å². The highest BCUT2D eigenvalue weighted by Crippen LogP contribution is 2.25. The molecule has 0 N–H and O–H groups in total. The Hall–Kier alpha value is -1.32. The summed E-state index contributed by atoms with van der Waals surface area (Å²) in [5.74, 6) is 0.880. The van der Waals surface area contributed by atoms with Crippen LogP contribution in [0.1, 0.15) is 18.2 Å². The van der Waals surface area contributed by atoms with Crippen molar-refractivity contribution in [1.29, 1.82) is 0 Å². The Morgan fingerprint density at radius 3 is 3.18 bits per heavy atom. The van der Waals surface area contributed by atoms with Gasteiger partial charge in [-0.1, -0.05) is 0 Å². The summed E-state index contributed by atoms with van der Waals surface area (Å²) in [5.41, 5.74) is 0. The van der Waals surface area contributed by atoms with Crippen molar-refractivity contribution < 1.29 is 4.42 Å². The maximum atomic E-state index is 5.16. The molecule has 1 aromatic rings. The van der Waals surface area contributed by atoms with E-state index in [-0.39, 0.29) is 6.04 Å². The van der Waals surface area contributed by atoms with Gasteiger partial charge in [0, 0.05) is 19.7 Å². The molecule has 58 valence electrons. The van der Waals surface area contributed by atoms with Gasteiger partial charge in [0.15, 0.2) is 6.39 Å². The molecule has 2 heterocycles. The molecule has 1 aliphatic rings. The monoisotopic (exact) mass is 151 g/mol. The van der Waals surface area contributed by atoms with E-state index in [1.165, 1.54) is 6.39 Å². The first-order valence-electron chi connectivity index (χ1n) is 3.51. The summed E-state index contributed by atoms with van der Waals surface area (Å²) in [5, 5.41) is 5.97. The second-order valence-electron chi connectivity index (χ2n) is 2.53. The average Bonchev–Trinajstić information content (AvgIpc) is 2.55. The fourth-order valence-electron chi connectivity index (χ4n) is 1.20. The van der Waals surface area contributed by atoms with Gasteiger partial charge in [-0.2, -0.15) is 5.10 Å². The van der Waals surface area contributed by atoms with Gasteiger partial charge in [-0.15, -0.1) is 0 Å². The molecule has 11 heavy (non-hydrogen) atoms. The fourth-order valence-corrected chi connectivity index (χ4v) is 1.20. The van der Waals surface area contributed by atoms with Crippen molar-refractivity contribution in [2.45, 2.75) is 12.5 Å². The van der Waals surface area contributed by atoms with Crippen LogP contribution >= 0.6 is 0 Å². The molecule has 0 fully saturated rings. The van der Waals surface area contributed by atoms with Crippen molar-refractivity contribution in [3.8, 4) is 0 Å². The Kier molecular flexibility index (Phi) is 1.38. The van der Waals surface area contributed by atoms with E-state index in [1.807, 2.05) is 18.3 Å². The van der Waals surface area contributed by atoms with Crippen LogP contribution < -0.4 is 0 Å². The number of aromatic nitrogens is 1. The molecule has 4 heteroatoms. The van der Waals surface area contributed by atoms with Crippen LogP contribution in [-0.4, -0.2) is 23.3 Å². The molecule has 1 aromatic heterocycles. The summed E-state index contributed by atoms with van der Waals surface area (Å²) in [6.45, 7) is 0. The predicted octanol–water partition coefficient (Wildman–Crippen LogP) is 1.04. The molecular weight excluding hydrogens is 142 g/mol. The lowest BCUT2D eigenvalue weighted by Gasteiger charge is -2.15. The van der Waals surface area contributed by atoms with E-state index in [4.69, 9.17) is 4.42 Å². The predicted molar refractivity (Wildman–Crippen MR) is 40.1 cm³/mol. The maximum Gasteiger partial charge on any atom is 0.180 e. The Bertz CT molecular complexity index is 255. The highest BCUT2D eigenvalue weighted by Gasteiger charge is 2.21. The van der Waals surface area contributed by atoms with Gasteiger partial charge in [-0.05, 0) is 0 Å². The van der Waals surface area contributed by atoms with Crippen LogP contribution in [-0.2, 0) is 0 Å². The van der Waals surface area contributed by atoms with E-state index in [9.17, 15) is 0 Å². The number of hydrogen-bond acceptors (Lipinski definition) is 4. The van der Waals surface area contributed by atoms with Crippen LogP contribution in [0, 0.1) is 0 Å². The lowest BCUT2D eigenvalue weighted by Crippen LogP contribution is -2.12. The lowest BCUT2D eigenvalue weighted by atomic mass is 10.2. The summed E-state index contributed by atoms with van der Waals surface area (Å²) in [6, 6.07) is 0.248. The number of oxazole rings is 1. The van der Waals surface area contributed by atoms with E-state index in [2.05, 4.69) is 10.1 Å². The standard InChI is InChI=1S/C7H9N3O/c1-10-6(2-3-9-10)7-4-8-5-11-7/h3-6H,2H2,1H3. The zero-order valence-corrected chi connectivity index (χ0v) is 6.27. The summed E-state index contributed by atoms with van der Waals surface area (Å²) >= 11 is 0. The normalized spacial score (nSPS) is 23.0. The summed E-state index contributed by atoms with van der Waals surface area (Å²) < 4.78 is 5.16. The molecule has 0 aromatic carbocycles. The molecule has 1 unspecified atom stereocenters. The second-order valence-corrected chi connectivity index (χ2v) is 2.53. The number of hydrogen-bond donors (Lipinski definition) is 0. The second kappa shape index (κ2) is 2.38. The first-order valence-corrected chi connectivity index (χ1v) is 3.51. The maximum absolute atomic E-state index is 5.16. The summed E-state index contributed by atoms with van der Waals surface area (Å²) in [7, 11) is 1.93. The highest BCUT2D eigenvalue weighted by molar-refractivity contribution is 5.60. The smallest absolute Gasteiger partial charge is 0.180 e. The van der Waals surface area contributed by atoms with Crippen molar-refractivity contribution >= 4 is 6.21 Å². The number of nitrogens with zero attached hydrogens (tertiary/aromatic N) is 3. The zero-order chi connectivity index (χ0) is 7.68. The van der Waals surface area contributed by atoms with Crippen LogP contribution in [0.15, 0.2) is 22.1 Å². The average molecular weight is 151 g/mol. The zero-order valence-electron chi connectivity index (χ0n) is 6.27. The van der Waals surface area contributed by atoms with Crippen LogP contribution in [0.4, 0.5) is 0 Å². The first kappa shape index (κ1) is 6.39. The van der Waals surface area contributed by atoms with Crippen LogP contribution in [0.2, 0.25) is 0 Å². The Balaban J connectivity index is 2.19. The third kappa shape index (κ3) is 1.00. The summed E-state index contributed by atoms with van der Waals surface area (Å²) in [6.07, 6.45) is 5.97. The SMILES string of the molecule is CN1N=CCC1c1cnco1. The molecule has 0 amide bonds. The number of hydrazone groups is 1.